The van der Waals surface area contributed by atoms with Crippen molar-refractivity contribution in [2.75, 3.05) is 0 Å². The van der Waals surface area contributed by atoms with E-state index in [0.29, 0.717) is 5.16 Å². The van der Waals surface area contributed by atoms with Gasteiger partial charge in [0.1, 0.15) is 6.33 Å². The molecule has 2 rings (SSSR count). The Bertz CT molecular complexity index is 766. The molecule has 1 aromatic heterocycles. The van der Waals surface area contributed by atoms with E-state index in [1.165, 1.54) is 11.8 Å². The van der Waals surface area contributed by atoms with Crippen molar-refractivity contribution in [2.45, 2.75) is 50.6 Å². The van der Waals surface area contributed by atoms with Crippen LogP contribution in [0.15, 0.2) is 35.7 Å². The number of hydrogen-bond donors (Lipinski definition) is 2. The molecule has 0 radical (unpaired) electrons. The molecule has 1 atom stereocenters. The lowest BCUT2D eigenvalue weighted by atomic mass is 10.1. The Morgan fingerprint density at radius 1 is 1.24 bits per heavy atom. The molecule has 2 aromatic rings. The Morgan fingerprint density at radius 3 is 2.56 bits per heavy atom. The van der Waals surface area contributed by atoms with Crippen molar-refractivity contribution in [3.05, 3.63) is 36.2 Å². The normalized spacial score (nSPS) is 12.5. The molecule has 0 aliphatic heterocycles. The minimum Gasteiger partial charge on any atom is -0.333 e. The molecule has 25 heavy (non-hydrogen) atoms. The largest absolute Gasteiger partial charge is 0.333 e. The van der Waals surface area contributed by atoms with Crippen molar-refractivity contribution >= 4 is 23.7 Å². The van der Waals surface area contributed by atoms with E-state index in [4.69, 9.17) is 0 Å². The Morgan fingerprint density at radius 2 is 1.92 bits per heavy atom. The highest BCUT2D eigenvalue weighted by molar-refractivity contribution is 8.00. The van der Waals surface area contributed by atoms with Gasteiger partial charge in [0.15, 0.2) is 5.16 Å². The molecule has 8 heteroatoms. The van der Waals surface area contributed by atoms with Crippen LogP contribution >= 0.6 is 11.8 Å². The molecular formula is C17H23N5O2S. The average Bonchev–Trinajstić information content (AvgIpc) is 2.93. The monoisotopic (exact) mass is 361 g/mol. The number of rotatable bonds is 4. The standard InChI is InChI=1S/C17H23N5O2S/c1-11-8-6-7-9-13(11)22-10-18-21-16(22)25-12(2)14(23)19-15(24)20-17(3,4)5/h6-10,12H,1-5H3,(H2,19,20,23,24). The van der Waals surface area contributed by atoms with Crippen LogP contribution in [0.5, 0.6) is 0 Å². The number of amides is 3. The summed E-state index contributed by atoms with van der Waals surface area (Å²) in [6.45, 7) is 9.26. The number of para-hydroxylation sites is 1. The van der Waals surface area contributed by atoms with Crippen molar-refractivity contribution in [3.63, 3.8) is 0 Å². The number of hydrogen-bond acceptors (Lipinski definition) is 5. The number of nitrogens with zero attached hydrogens (tertiary/aromatic N) is 3. The van der Waals surface area contributed by atoms with Crippen LogP contribution in [-0.4, -0.2) is 37.5 Å². The van der Waals surface area contributed by atoms with Crippen LogP contribution in [0.4, 0.5) is 4.79 Å². The van der Waals surface area contributed by atoms with Crippen molar-refractivity contribution in [1.29, 1.82) is 0 Å². The van der Waals surface area contributed by atoms with E-state index in [2.05, 4.69) is 20.8 Å². The molecule has 0 bridgehead atoms. The molecule has 0 aliphatic carbocycles. The van der Waals surface area contributed by atoms with Gasteiger partial charge < -0.3 is 5.32 Å². The maximum atomic E-state index is 12.2. The van der Waals surface area contributed by atoms with E-state index >= 15 is 0 Å². The molecule has 0 saturated heterocycles. The second-order valence-corrected chi connectivity index (χ2v) is 8.03. The van der Waals surface area contributed by atoms with E-state index in [-0.39, 0.29) is 5.91 Å². The molecule has 0 spiro atoms. The first-order chi connectivity index (χ1) is 11.7. The van der Waals surface area contributed by atoms with Gasteiger partial charge in [-0.2, -0.15) is 0 Å². The Balaban J connectivity index is 2.06. The van der Waals surface area contributed by atoms with Crippen molar-refractivity contribution in [2.24, 2.45) is 0 Å². The van der Waals surface area contributed by atoms with Gasteiger partial charge in [-0.3, -0.25) is 14.7 Å². The first-order valence-electron chi connectivity index (χ1n) is 7.93. The van der Waals surface area contributed by atoms with Gasteiger partial charge in [0, 0.05) is 5.54 Å². The van der Waals surface area contributed by atoms with Crippen LogP contribution in [-0.2, 0) is 4.79 Å². The predicted molar refractivity (Wildman–Crippen MR) is 97.8 cm³/mol. The molecule has 1 unspecified atom stereocenters. The number of imide groups is 1. The van der Waals surface area contributed by atoms with Gasteiger partial charge in [-0.25, -0.2) is 4.79 Å². The van der Waals surface area contributed by atoms with E-state index in [1.54, 1.807) is 13.3 Å². The maximum absolute atomic E-state index is 12.2. The zero-order valence-electron chi connectivity index (χ0n) is 15.0. The smallest absolute Gasteiger partial charge is 0.321 e. The first kappa shape index (κ1) is 19.0. The van der Waals surface area contributed by atoms with Gasteiger partial charge in [-0.1, -0.05) is 30.0 Å². The van der Waals surface area contributed by atoms with Crippen molar-refractivity contribution in [1.82, 2.24) is 25.4 Å². The van der Waals surface area contributed by atoms with Crippen LogP contribution in [0.1, 0.15) is 33.3 Å². The highest BCUT2D eigenvalue weighted by Crippen LogP contribution is 2.25. The average molecular weight is 361 g/mol. The summed E-state index contributed by atoms with van der Waals surface area (Å²) >= 11 is 1.25. The number of urea groups is 1. The second kappa shape index (κ2) is 7.69. The fraction of sp³-hybridized carbons (Fsp3) is 0.412. The molecule has 0 fully saturated rings. The molecule has 0 aliphatic rings. The third-order valence-corrected chi connectivity index (χ3v) is 4.32. The second-order valence-electron chi connectivity index (χ2n) is 6.72. The number of carbonyl (C=O) groups is 2. The van der Waals surface area contributed by atoms with Gasteiger partial charge in [0.25, 0.3) is 0 Å². The van der Waals surface area contributed by atoms with Gasteiger partial charge in [0.05, 0.1) is 10.9 Å². The topological polar surface area (TPSA) is 88.9 Å². The molecule has 0 saturated carbocycles. The molecule has 1 aromatic carbocycles. The molecular weight excluding hydrogens is 338 g/mol. The fourth-order valence-electron chi connectivity index (χ4n) is 2.10. The zero-order chi connectivity index (χ0) is 18.6. The van der Waals surface area contributed by atoms with E-state index in [0.717, 1.165) is 11.3 Å². The van der Waals surface area contributed by atoms with E-state index in [1.807, 2.05) is 56.5 Å². The van der Waals surface area contributed by atoms with Crippen molar-refractivity contribution < 1.29 is 9.59 Å². The minimum atomic E-state index is -0.509. The fourth-order valence-corrected chi connectivity index (χ4v) is 2.94. The van der Waals surface area contributed by atoms with Crippen LogP contribution < -0.4 is 10.6 Å². The first-order valence-corrected chi connectivity index (χ1v) is 8.81. The van der Waals surface area contributed by atoms with Gasteiger partial charge >= 0.3 is 6.03 Å². The van der Waals surface area contributed by atoms with Crippen LogP contribution in [0.25, 0.3) is 5.69 Å². The highest BCUT2D eigenvalue weighted by atomic mass is 32.2. The molecule has 7 nitrogen and oxygen atoms in total. The quantitative estimate of drug-likeness (QED) is 0.817. The lowest BCUT2D eigenvalue weighted by Gasteiger charge is -2.21. The minimum absolute atomic E-state index is 0.383. The third-order valence-electron chi connectivity index (χ3n) is 3.27. The van der Waals surface area contributed by atoms with Gasteiger partial charge in [-0.05, 0) is 46.2 Å². The summed E-state index contributed by atoms with van der Waals surface area (Å²) in [5.41, 5.74) is 1.62. The number of aryl methyl sites for hydroxylation is 1. The van der Waals surface area contributed by atoms with E-state index < -0.39 is 16.8 Å². The number of thioether (sulfide) groups is 1. The van der Waals surface area contributed by atoms with Gasteiger partial charge in [-0.15, -0.1) is 10.2 Å². The Hall–Kier alpha value is -2.35. The van der Waals surface area contributed by atoms with Gasteiger partial charge in [0.2, 0.25) is 5.91 Å². The van der Waals surface area contributed by atoms with E-state index in [9.17, 15) is 9.59 Å². The SMILES string of the molecule is Cc1ccccc1-n1cnnc1SC(C)C(=O)NC(=O)NC(C)(C)C. The molecule has 134 valence electrons. The lowest BCUT2D eigenvalue weighted by Crippen LogP contribution is -2.49. The summed E-state index contributed by atoms with van der Waals surface area (Å²) in [5.74, 6) is -0.383. The molecule has 3 amide bonds. The molecule has 2 N–H and O–H groups in total. The summed E-state index contributed by atoms with van der Waals surface area (Å²) in [6, 6.07) is 7.34. The number of aromatic nitrogens is 3. The summed E-state index contributed by atoms with van der Waals surface area (Å²) in [6.07, 6.45) is 1.61. The van der Waals surface area contributed by atoms with Crippen LogP contribution in [0, 0.1) is 6.92 Å². The number of carbonyl (C=O) groups excluding carboxylic acids is 2. The Kier molecular flexibility index (Phi) is 5.84. The summed E-state index contributed by atoms with van der Waals surface area (Å²) in [4.78, 5) is 24.1. The zero-order valence-corrected chi connectivity index (χ0v) is 15.8. The molecule has 1 heterocycles. The summed E-state index contributed by atoms with van der Waals surface area (Å²) in [5, 5.41) is 13.2. The third kappa shape index (κ3) is 5.32. The number of nitrogens with one attached hydrogen (secondary N) is 2. The maximum Gasteiger partial charge on any atom is 0.321 e. The predicted octanol–water partition coefficient (Wildman–Crippen LogP) is 2.68. The van der Waals surface area contributed by atoms with Crippen LogP contribution in [0.2, 0.25) is 0 Å². The highest BCUT2D eigenvalue weighted by Gasteiger charge is 2.22. The van der Waals surface area contributed by atoms with Crippen LogP contribution in [0.3, 0.4) is 0 Å². The summed E-state index contributed by atoms with van der Waals surface area (Å²) < 4.78 is 1.83. The van der Waals surface area contributed by atoms with Crippen molar-refractivity contribution in [3.8, 4) is 5.69 Å². The number of benzene rings is 1. The summed E-state index contributed by atoms with van der Waals surface area (Å²) in [7, 11) is 0. The lowest BCUT2D eigenvalue weighted by molar-refractivity contribution is -0.119. The Labute approximate surface area is 151 Å².